The number of pyridine rings is 1. The summed E-state index contributed by atoms with van der Waals surface area (Å²) in [4.78, 5) is 33.7. The van der Waals surface area contributed by atoms with Gasteiger partial charge in [-0.3, -0.25) is 4.79 Å². The molecule has 0 unspecified atom stereocenters. The van der Waals surface area contributed by atoms with Crippen LogP contribution in [-0.2, 0) is 11.2 Å². The molecular weight excluding hydrogens is 344 g/mol. The normalized spacial score (nSPS) is 14.9. The molecular formula is C18H26N8O. The molecule has 0 aliphatic carbocycles. The molecule has 9 nitrogen and oxygen atoms in total. The zero-order valence-corrected chi connectivity index (χ0v) is 16.3. The van der Waals surface area contributed by atoms with Crippen LogP contribution in [0.2, 0.25) is 0 Å². The van der Waals surface area contributed by atoms with Crippen LogP contribution in [0.3, 0.4) is 0 Å². The predicted octanol–water partition coefficient (Wildman–Crippen LogP) is 1.59. The monoisotopic (exact) mass is 370 g/mol. The van der Waals surface area contributed by atoms with E-state index in [0.29, 0.717) is 23.4 Å². The smallest absolute Gasteiger partial charge is 0.233 e. The molecule has 2 aromatic rings. The average molecular weight is 370 g/mol. The molecule has 144 valence electrons. The summed E-state index contributed by atoms with van der Waals surface area (Å²) in [6, 6.07) is 1.86. The molecule has 1 saturated heterocycles. The maximum Gasteiger partial charge on any atom is 0.233 e. The minimum Gasteiger partial charge on any atom is -0.338 e. The van der Waals surface area contributed by atoms with Gasteiger partial charge in [-0.2, -0.15) is 15.0 Å². The molecule has 0 aromatic carbocycles. The van der Waals surface area contributed by atoms with E-state index in [1.165, 1.54) is 6.92 Å². The van der Waals surface area contributed by atoms with E-state index in [2.05, 4.69) is 47.4 Å². The Morgan fingerprint density at radius 1 is 1.19 bits per heavy atom. The summed E-state index contributed by atoms with van der Waals surface area (Å²) in [6.07, 6.45) is 2.36. The molecule has 0 bridgehead atoms. The number of nitrogens with one attached hydrogen (secondary N) is 2. The zero-order chi connectivity index (χ0) is 19.4. The first kappa shape index (κ1) is 19.0. The first-order valence-corrected chi connectivity index (χ1v) is 9.14. The van der Waals surface area contributed by atoms with Crippen LogP contribution in [0, 0.1) is 6.92 Å². The van der Waals surface area contributed by atoms with Crippen molar-refractivity contribution in [2.45, 2.75) is 27.2 Å². The third-order valence-corrected chi connectivity index (χ3v) is 4.43. The molecule has 1 aliphatic rings. The van der Waals surface area contributed by atoms with Crippen LogP contribution in [0.5, 0.6) is 0 Å². The van der Waals surface area contributed by atoms with Crippen LogP contribution in [-0.4, -0.2) is 64.0 Å². The number of hydrogen-bond acceptors (Lipinski definition) is 8. The number of hydrogen-bond donors (Lipinski definition) is 2. The van der Waals surface area contributed by atoms with Crippen molar-refractivity contribution in [3.63, 3.8) is 0 Å². The standard InChI is InChI=1S/C18H26N8O/c1-5-15-21-17(24-18(23-15)26-8-6-25(4)7-9-26)22-16-10-12(2)14(11-19-16)20-13(3)27/h10-11H,5-9H2,1-4H3,(H,20,27)(H,19,21,22,23,24). The number of rotatable bonds is 5. The van der Waals surface area contributed by atoms with Gasteiger partial charge >= 0.3 is 0 Å². The quantitative estimate of drug-likeness (QED) is 0.819. The van der Waals surface area contributed by atoms with E-state index >= 15 is 0 Å². The van der Waals surface area contributed by atoms with Gasteiger partial charge in [0, 0.05) is 39.5 Å². The van der Waals surface area contributed by atoms with Gasteiger partial charge in [0.1, 0.15) is 11.6 Å². The second-order valence-corrected chi connectivity index (χ2v) is 6.71. The third kappa shape index (κ3) is 4.88. The van der Waals surface area contributed by atoms with Gasteiger partial charge in [0.2, 0.25) is 17.8 Å². The second-order valence-electron chi connectivity index (χ2n) is 6.71. The van der Waals surface area contributed by atoms with Crippen LogP contribution in [0.4, 0.5) is 23.4 Å². The molecule has 27 heavy (non-hydrogen) atoms. The fourth-order valence-corrected chi connectivity index (χ4v) is 2.83. The third-order valence-electron chi connectivity index (χ3n) is 4.43. The van der Waals surface area contributed by atoms with Crippen molar-refractivity contribution in [2.24, 2.45) is 0 Å². The van der Waals surface area contributed by atoms with E-state index in [4.69, 9.17) is 0 Å². The average Bonchev–Trinajstić information content (AvgIpc) is 2.64. The molecule has 2 N–H and O–H groups in total. The van der Waals surface area contributed by atoms with Gasteiger partial charge < -0.3 is 20.4 Å². The van der Waals surface area contributed by atoms with Gasteiger partial charge in [0.05, 0.1) is 11.9 Å². The Balaban J connectivity index is 1.81. The summed E-state index contributed by atoms with van der Waals surface area (Å²) in [5.41, 5.74) is 1.60. The highest BCUT2D eigenvalue weighted by atomic mass is 16.1. The largest absolute Gasteiger partial charge is 0.338 e. The fourth-order valence-electron chi connectivity index (χ4n) is 2.83. The molecule has 3 heterocycles. The van der Waals surface area contributed by atoms with Crippen LogP contribution in [0.25, 0.3) is 0 Å². The van der Waals surface area contributed by atoms with E-state index < -0.39 is 0 Å². The number of nitrogens with zero attached hydrogens (tertiary/aromatic N) is 6. The SMILES string of the molecule is CCc1nc(Nc2cc(C)c(NC(C)=O)cn2)nc(N2CCN(C)CC2)n1. The Kier molecular flexibility index (Phi) is 5.80. The van der Waals surface area contributed by atoms with Crippen molar-refractivity contribution in [3.05, 3.63) is 23.7 Å². The molecule has 0 saturated carbocycles. The van der Waals surface area contributed by atoms with E-state index in [1.54, 1.807) is 6.20 Å². The number of aromatic nitrogens is 4. The Morgan fingerprint density at radius 3 is 2.56 bits per heavy atom. The summed E-state index contributed by atoms with van der Waals surface area (Å²) in [5, 5.41) is 5.92. The second kappa shape index (κ2) is 8.26. The molecule has 1 aliphatic heterocycles. The van der Waals surface area contributed by atoms with E-state index in [0.717, 1.165) is 44.0 Å². The molecule has 3 rings (SSSR count). The number of carbonyl (C=O) groups excluding carboxylic acids is 1. The first-order chi connectivity index (χ1) is 12.9. The molecule has 1 fully saturated rings. The van der Waals surface area contributed by atoms with Gasteiger partial charge in [0.25, 0.3) is 0 Å². The molecule has 2 aromatic heterocycles. The molecule has 9 heteroatoms. The number of carbonyl (C=O) groups is 1. The fraction of sp³-hybridized carbons (Fsp3) is 0.500. The van der Waals surface area contributed by atoms with Crippen LogP contribution >= 0.6 is 0 Å². The van der Waals surface area contributed by atoms with Crippen molar-refractivity contribution in [1.29, 1.82) is 0 Å². The Morgan fingerprint density at radius 2 is 1.93 bits per heavy atom. The highest BCUT2D eigenvalue weighted by molar-refractivity contribution is 5.89. The lowest BCUT2D eigenvalue weighted by atomic mass is 10.2. The Hall–Kier alpha value is -2.81. The van der Waals surface area contributed by atoms with Crippen LogP contribution in [0.15, 0.2) is 12.3 Å². The van der Waals surface area contributed by atoms with E-state index in [9.17, 15) is 4.79 Å². The van der Waals surface area contributed by atoms with Crippen molar-refractivity contribution in [1.82, 2.24) is 24.8 Å². The van der Waals surface area contributed by atoms with Gasteiger partial charge in [-0.15, -0.1) is 0 Å². The summed E-state index contributed by atoms with van der Waals surface area (Å²) in [6.45, 7) is 9.18. The van der Waals surface area contributed by atoms with Gasteiger partial charge in [-0.1, -0.05) is 6.92 Å². The summed E-state index contributed by atoms with van der Waals surface area (Å²) < 4.78 is 0. The Bertz CT molecular complexity index is 817. The number of amides is 1. The molecule has 0 spiro atoms. The molecule has 0 radical (unpaired) electrons. The van der Waals surface area contributed by atoms with Crippen molar-refractivity contribution >= 4 is 29.3 Å². The minimum atomic E-state index is -0.123. The zero-order valence-electron chi connectivity index (χ0n) is 16.3. The van der Waals surface area contributed by atoms with Crippen molar-refractivity contribution < 1.29 is 4.79 Å². The number of likely N-dealkylation sites (N-methyl/N-ethyl adjacent to an activating group) is 1. The maximum atomic E-state index is 11.2. The van der Waals surface area contributed by atoms with E-state index in [-0.39, 0.29) is 5.91 Å². The lowest BCUT2D eigenvalue weighted by Gasteiger charge is -2.32. The first-order valence-electron chi connectivity index (χ1n) is 9.14. The summed E-state index contributed by atoms with van der Waals surface area (Å²) in [5.74, 6) is 2.42. The maximum absolute atomic E-state index is 11.2. The van der Waals surface area contributed by atoms with Gasteiger partial charge in [-0.25, -0.2) is 4.98 Å². The highest BCUT2D eigenvalue weighted by Crippen LogP contribution is 2.20. The molecule has 0 atom stereocenters. The van der Waals surface area contributed by atoms with Crippen molar-refractivity contribution in [2.75, 3.05) is 48.8 Å². The topological polar surface area (TPSA) is 99.2 Å². The minimum absolute atomic E-state index is 0.123. The lowest BCUT2D eigenvalue weighted by Crippen LogP contribution is -2.45. The lowest BCUT2D eigenvalue weighted by molar-refractivity contribution is -0.114. The highest BCUT2D eigenvalue weighted by Gasteiger charge is 2.18. The number of piperazine rings is 1. The van der Waals surface area contributed by atoms with E-state index in [1.807, 2.05) is 19.9 Å². The van der Waals surface area contributed by atoms with Crippen molar-refractivity contribution in [3.8, 4) is 0 Å². The number of aryl methyl sites for hydroxylation is 2. The van der Waals surface area contributed by atoms with Gasteiger partial charge in [0.15, 0.2) is 0 Å². The number of anilines is 4. The van der Waals surface area contributed by atoms with Crippen LogP contribution in [0.1, 0.15) is 25.2 Å². The predicted molar refractivity (Wildman–Crippen MR) is 105 cm³/mol. The molecule has 1 amide bonds. The van der Waals surface area contributed by atoms with Gasteiger partial charge in [-0.05, 0) is 25.6 Å². The Labute approximate surface area is 159 Å². The summed E-state index contributed by atoms with van der Waals surface area (Å²) >= 11 is 0. The summed E-state index contributed by atoms with van der Waals surface area (Å²) in [7, 11) is 2.12. The van der Waals surface area contributed by atoms with Crippen LogP contribution < -0.4 is 15.5 Å².